The summed E-state index contributed by atoms with van der Waals surface area (Å²) in [5, 5.41) is -0.0196. The van der Waals surface area contributed by atoms with Crippen molar-refractivity contribution < 1.29 is 17.9 Å². The van der Waals surface area contributed by atoms with Crippen molar-refractivity contribution in [1.82, 2.24) is 9.97 Å². The first-order valence-corrected chi connectivity index (χ1v) is 8.50. The lowest BCUT2D eigenvalue weighted by Crippen LogP contribution is -2.25. The smallest absolute Gasteiger partial charge is 0.343 e. The van der Waals surface area contributed by atoms with Gasteiger partial charge in [-0.3, -0.25) is 0 Å². The highest BCUT2D eigenvalue weighted by Crippen LogP contribution is 2.19. The molecule has 0 saturated carbocycles. The van der Waals surface area contributed by atoms with Crippen LogP contribution < -0.4 is 0 Å². The van der Waals surface area contributed by atoms with Gasteiger partial charge in [-0.25, -0.2) is 23.2 Å². The minimum Gasteiger partial charge on any atom is -0.456 e. The van der Waals surface area contributed by atoms with E-state index in [1.807, 2.05) is 0 Å². The number of rotatable bonds is 3. The molecule has 0 unspecified atom stereocenters. The summed E-state index contributed by atoms with van der Waals surface area (Å²) in [5.74, 6) is -0.749. The second kappa shape index (κ2) is 5.46. The molecule has 0 aliphatic carbocycles. The van der Waals surface area contributed by atoms with Gasteiger partial charge in [0.1, 0.15) is 11.2 Å². The van der Waals surface area contributed by atoms with Crippen LogP contribution in [0.15, 0.2) is 16.4 Å². The number of thioether (sulfide) groups is 1. The third kappa shape index (κ3) is 4.46. The van der Waals surface area contributed by atoms with Gasteiger partial charge in [0.2, 0.25) is 0 Å². The quantitative estimate of drug-likeness (QED) is 0.362. The zero-order chi connectivity index (χ0) is 14.8. The molecule has 0 atom stereocenters. The van der Waals surface area contributed by atoms with Crippen molar-refractivity contribution in [2.24, 2.45) is 0 Å². The van der Waals surface area contributed by atoms with E-state index in [1.54, 1.807) is 27.0 Å². The van der Waals surface area contributed by atoms with Gasteiger partial charge >= 0.3 is 5.97 Å². The van der Waals surface area contributed by atoms with Crippen LogP contribution in [0, 0.1) is 0 Å². The summed E-state index contributed by atoms with van der Waals surface area (Å²) in [6.07, 6.45) is 3.89. The summed E-state index contributed by atoms with van der Waals surface area (Å²) in [7, 11) is -3.63. The van der Waals surface area contributed by atoms with E-state index in [-0.39, 0.29) is 15.7 Å². The van der Waals surface area contributed by atoms with Crippen LogP contribution in [0.2, 0.25) is 0 Å². The Labute approximate surface area is 116 Å². The Hall–Kier alpha value is -1.15. The van der Waals surface area contributed by atoms with Gasteiger partial charge in [-0.05, 0) is 27.0 Å². The van der Waals surface area contributed by atoms with Gasteiger partial charge < -0.3 is 4.74 Å². The Morgan fingerprint density at radius 2 is 1.95 bits per heavy atom. The number of carbonyl (C=O) groups is 1. The summed E-state index contributed by atoms with van der Waals surface area (Å²) >= 11 is 1.19. The average molecular weight is 304 g/mol. The van der Waals surface area contributed by atoms with Gasteiger partial charge in [-0.15, -0.1) is 0 Å². The molecule has 19 heavy (non-hydrogen) atoms. The Morgan fingerprint density at radius 1 is 1.37 bits per heavy atom. The normalized spacial score (nSPS) is 12.3. The van der Waals surface area contributed by atoms with Gasteiger partial charge in [0.25, 0.3) is 0 Å². The fourth-order valence-corrected chi connectivity index (χ4v) is 2.39. The Morgan fingerprint density at radius 3 is 2.37 bits per heavy atom. The zero-order valence-corrected chi connectivity index (χ0v) is 13.1. The summed E-state index contributed by atoms with van der Waals surface area (Å²) in [6.45, 7) is 5.09. The molecule has 0 aliphatic heterocycles. The summed E-state index contributed by atoms with van der Waals surface area (Å²) < 4.78 is 28.5. The highest BCUT2D eigenvalue weighted by molar-refractivity contribution is 7.98. The third-order valence-corrected chi connectivity index (χ3v) is 3.46. The van der Waals surface area contributed by atoms with E-state index in [9.17, 15) is 13.2 Å². The number of sulfone groups is 1. The van der Waals surface area contributed by atoms with E-state index in [4.69, 9.17) is 4.74 Å². The minimum atomic E-state index is -3.63. The average Bonchev–Trinajstić information content (AvgIpc) is 2.24. The topological polar surface area (TPSA) is 86.2 Å². The lowest BCUT2D eigenvalue weighted by Gasteiger charge is -2.19. The molecule has 0 aromatic carbocycles. The van der Waals surface area contributed by atoms with Crippen molar-refractivity contribution in [2.45, 2.75) is 36.6 Å². The standard InChI is InChI=1S/C11H16N2O4S2/c1-11(2,3)17-9(14)7-6-12-10(18-4)13-8(7)19(5,15)16/h6H,1-5H3. The van der Waals surface area contributed by atoms with Crippen LogP contribution in [0.5, 0.6) is 0 Å². The monoisotopic (exact) mass is 304 g/mol. The molecule has 0 saturated heterocycles. The summed E-state index contributed by atoms with van der Waals surface area (Å²) in [6, 6.07) is 0. The van der Waals surface area contributed by atoms with Crippen LogP contribution in [-0.4, -0.2) is 42.5 Å². The minimum absolute atomic E-state index is 0.143. The van der Waals surface area contributed by atoms with Crippen molar-refractivity contribution >= 4 is 27.6 Å². The maximum atomic E-state index is 12.0. The van der Waals surface area contributed by atoms with Crippen molar-refractivity contribution in [3.8, 4) is 0 Å². The number of esters is 1. The van der Waals surface area contributed by atoms with Gasteiger partial charge in [0.05, 0.1) is 0 Å². The van der Waals surface area contributed by atoms with Crippen molar-refractivity contribution in [3.05, 3.63) is 11.8 Å². The van der Waals surface area contributed by atoms with Gasteiger partial charge in [-0.1, -0.05) is 11.8 Å². The van der Waals surface area contributed by atoms with Gasteiger partial charge in [0.15, 0.2) is 20.0 Å². The van der Waals surface area contributed by atoms with Crippen LogP contribution in [0.3, 0.4) is 0 Å². The number of nitrogens with zero attached hydrogens (tertiary/aromatic N) is 2. The molecule has 8 heteroatoms. The Bertz CT molecular complexity index is 591. The first kappa shape index (κ1) is 15.9. The number of ether oxygens (including phenoxy) is 1. The molecule has 1 aromatic rings. The molecule has 0 aliphatic rings. The maximum Gasteiger partial charge on any atom is 0.343 e. The van der Waals surface area contributed by atoms with E-state index in [1.165, 1.54) is 18.0 Å². The van der Waals surface area contributed by atoms with Crippen LogP contribution in [-0.2, 0) is 14.6 Å². The number of hydrogen-bond donors (Lipinski definition) is 0. The summed E-state index contributed by atoms with van der Waals surface area (Å²) in [5.41, 5.74) is -0.862. The maximum absolute atomic E-state index is 12.0. The molecule has 1 rings (SSSR count). The molecule has 1 aromatic heterocycles. The molecule has 106 valence electrons. The van der Waals surface area contributed by atoms with Crippen LogP contribution in [0.1, 0.15) is 31.1 Å². The highest BCUT2D eigenvalue weighted by Gasteiger charge is 2.26. The van der Waals surface area contributed by atoms with Gasteiger partial charge in [0, 0.05) is 12.5 Å². The lowest BCUT2D eigenvalue weighted by molar-refractivity contribution is 0.00633. The molecule has 1 heterocycles. The molecule has 0 amide bonds. The van der Waals surface area contributed by atoms with Crippen molar-refractivity contribution in [1.29, 1.82) is 0 Å². The first-order chi connectivity index (χ1) is 8.54. The molecule has 0 N–H and O–H groups in total. The largest absolute Gasteiger partial charge is 0.456 e. The molecular formula is C11H16N2O4S2. The van der Waals surface area contributed by atoms with Crippen LogP contribution in [0.4, 0.5) is 0 Å². The summed E-state index contributed by atoms with van der Waals surface area (Å²) in [4.78, 5) is 19.7. The number of aromatic nitrogens is 2. The fourth-order valence-electron chi connectivity index (χ4n) is 1.21. The van der Waals surface area contributed by atoms with Crippen molar-refractivity contribution in [3.63, 3.8) is 0 Å². The number of hydrogen-bond acceptors (Lipinski definition) is 7. The second-order valence-electron chi connectivity index (χ2n) is 4.85. The van der Waals surface area contributed by atoms with E-state index >= 15 is 0 Å². The predicted octanol–water partition coefficient (Wildman–Crippen LogP) is 1.56. The SMILES string of the molecule is CSc1ncc(C(=O)OC(C)(C)C)c(S(C)(=O)=O)n1. The zero-order valence-electron chi connectivity index (χ0n) is 11.4. The molecular weight excluding hydrogens is 288 g/mol. The first-order valence-electron chi connectivity index (χ1n) is 5.39. The molecule has 0 radical (unpaired) electrons. The van der Waals surface area contributed by atoms with Crippen molar-refractivity contribution in [2.75, 3.05) is 12.5 Å². The fraction of sp³-hybridized carbons (Fsp3) is 0.545. The predicted molar refractivity (Wildman–Crippen MR) is 72.1 cm³/mol. The van der Waals surface area contributed by atoms with Gasteiger partial charge in [-0.2, -0.15) is 0 Å². The third-order valence-electron chi connectivity index (χ3n) is 1.88. The van der Waals surface area contributed by atoms with Crippen LogP contribution in [0.25, 0.3) is 0 Å². The lowest BCUT2D eigenvalue weighted by atomic mass is 10.2. The van der Waals surface area contributed by atoms with Crippen LogP contribution >= 0.6 is 11.8 Å². The number of carbonyl (C=O) groups excluding carboxylic acids is 1. The highest BCUT2D eigenvalue weighted by atomic mass is 32.2. The molecule has 6 nitrogen and oxygen atoms in total. The van der Waals surface area contributed by atoms with E-state index < -0.39 is 21.4 Å². The van der Waals surface area contributed by atoms with E-state index in [0.29, 0.717) is 0 Å². The van der Waals surface area contributed by atoms with E-state index in [0.717, 1.165) is 6.26 Å². The Balaban J connectivity index is 3.32. The van der Waals surface area contributed by atoms with E-state index in [2.05, 4.69) is 9.97 Å². The Kier molecular flexibility index (Phi) is 4.57. The second-order valence-corrected chi connectivity index (χ2v) is 7.55. The molecule has 0 bridgehead atoms. The molecule has 0 fully saturated rings. The molecule has 0 spiro atoms.